The van der Waals surface area contributed by atoms with Crippen LogP contribution in [-0.4, -0.2) is 17.2 Å². The SMILES string of the molecule is CCCOc1ccc2c(c1)C(=O)C(Br)C2CC. The number of ether oxygens (including phenoxy) is 1. The van der Waals surface area contributed by atoms with Crippen molar-refractivity contribution in [1.29, 1.82) is 0 Å². The van der Waals surface area contributed by atoms with E-state index >= 15 is 0 Å². The number of hydrogen-bond donors (Lipinski definition) is 0. The number of benzene rings is 1. The molecule has 3 heteroatoms. The molecular weight excluding hydrogens is 280 g/mol. The topological polar surface area (TPSA) is 26.3 Å². The number of rotatable bonds is 4. The second kappa shape index (κ2) is 5.21. The predicted molar refractivity (Wildman–Crippen MR) is 72.3 cm³/mol. The number of carbonyl (C=O) groups excluding carboxylic acids is 1. The van der Waals surface area contributed by atoms with Gasteiger partial charge in [-0.1, -0.05) is 35.8 Å². The molecule has 2 nitrogen and oxygen atoms in total. The molecule has 0 aliphatic heterocycles. The number of alkyl halides is 1. The summed E-state index contributed by atoms with van der Waals surface area (Å²) in [6, 6.07) is 5.89. The van der Waals surface area contributed by atoms with Crippen LogP contribution < -0.4 is 4.74 Å². The third kappa shape index (κ3) is 2.25. The van der Waals surface area contributed by atoms with Crippen LogP contribution in [0.1, 0.15) is 48.5 Å². The maximum absolute atomic E-state index is 12.1. The van der Waals surface area contributed by atoms with E-state index in [2.05, 4.69) is 29.8 Å². The third-order valence-electron chi connectivity index (χ3n) is 3.21. The van der Waals surface area contributed by atoms with E-state index in [4.69, 9.17) is 4.74 Å². The lowest BCUT2D eigenvalue weighted by Gasteiger charge is -2.11. The van der Waals surface area contributed by atoms with Gasteiger partial charge in [0.05, 0.1) is 11.4 Å². The van der Waals surface area contributed by atoms with Crippen LogP contribution in [0.4, 0.5) is 0 Å². The molecule has 17 heavy (non-hydrogen) atoms. The molecule has 0 radical (unpaired) electrons. The van der Waals surface area contributed by atoms with Crippen LogP contribution in [0.3, 0.4) is 0 Å². The molecule has 2 unspecified atom stereocenters. The van der Waals surface area contributed by atoms with Crippen molar-refractivity contribution >= 4 is 21.7 Å². The zero-order valence-electron chi connectivity index (χ0n) is 10.2. The summed E-state index contributed by atoms with van der Waals surface area (Å²) in [5.74, 6) is 1.29. The summed E-state index contributed by atoms with van der Waals surface area (Å²) in [5.41, 5.74) is 1.98. The van der Waals surface area contributed by atoms with Crippen molar-refractivity contribution in [2.75, 3.05) is 6.61 Å². The van der Waals surface area contributed by atoms with Crippen molar-refractivity contribution in [3.63, 3.8) is 0 Å². The van der Waals surface area contributed by atoms with Crippen LogP contribution in [-0.2, 0) is 0 Å². The lowest BCUT2D eigenvalue weighted by molar-refractivity contribution is 0.0996. The number of fused-ring (bicyclic) bond motifs is 1. The first-order valence-electron chi connectivity index (χ1n) is 6.14. The quantitative estimate of drug-likeness (QED) is 0.787. The average molecular weight is 297 g/mol. The number of halogens is 1. The van der Waals surface area contributed by atoms with Crippen molar-refractivity contribution in [1.82, 2.24) is 0 Å². The summed E-state index contributed by atoms with van der Waals surface area (Å²) in [6.07, 6.45) is 1.95. The zero-order chi connectivity index (χ0) is 12.4. The minimum atomic E-state index is -0.0658. The molecule has 1 aromatic rings. The highest BCUT2D eigenvalue weighted by Gasteiger charge is 2.36. The fraction of sp³-hybridized carbons (Fsp3) is 0.500. The lowest BCUT2D eigenvalue weighted by atomic mass is 9.99. The molecule has 0 bridgehead atoms. The first-order valence-corrected chi connectivity index (χ1v) is 7.05. The van der Waals surface area contributed by atoms with E-state index in [0.29, 0.717) is 12.5 Å². The monoisotopic (exact) mass is 296 g/mol. The predicted octanol–water partition coefficient (Wildman–Crippen LogP) is 3.93. The molecular formula is C14H17BrO2. The first-order chi connectivity index (χ1) is 8.19. The maximum Gasteiger partial charge on any atom is 0.177 e. The van der Waals surface area contributed by atoms with Gasteiger partial charge in [-0.15, -0.1) is 0 Å². The normalized spacial score (nSPS) is 22.6. The number of ketones is 1. The van der Waals surface area contributed by atoms with Gasteiger partial charge in [0.1, 0.15) is 5.75 Å². The molecule has 0 spiro atoms. The third-order valence-corrected chi connectivity index (χ3v) is 4.26. The Bertz CT molecular complexity index is 428. The Morgan fingerprint density at radius 2 is 2.12 bits per heavy atom. The Labute approximate surface area is 110 Å². The van der Waals surface area contributed by atoms with Gasteiger partial charge in [-0.05, 0) is 30.5 Å². The Hall–Kier alpha value is -0.830. The van der Waals surface area contributed by atoms with Crippen LogP contribution in [0.25, 0.3) is 0 Å². The van der Waals surface area contributed by atoms with Gasteiger partial charge in [-0.25, -0.2) is 0 Å². The smallest absolute Gasteiger partial charge is 0.177 e. The standard InChI is InChI=1S/C14H17BrO2/c1-3-7-17-9-5-6-11-10(4-2)13(15)14(16)12(11)8-9/h5-6,8,10,13H,3-4,7H2,1-2H3. The Kier molecular flexibility index (Phi) is 3.87. The van der Waals surface area contributed by atoms with E-state index in [1.54, 1.807) is 0 Å². The fourth-order valence-electron chi connectivity index (χ4n) is 2.30. The second-order valence-electron chi connectivity index (χ2n) is 4.38. The summed E-state index contributed by atoms with van der Waals surface area (Å²) >= 11 is 3.50. The van der Waals surface area contributed by atoms with E-state index in [0.717, 1.165) is 29.7 Å². The number of hydrogen-bond acceptors (Lipinski definition) is 2. The number of carbonyl (C=O) groups is 1. The summed E-state index contributed by atoms with van der Waals surface area (Å²) in [7, 11) is 0. The summed E-state index contributed by atoms with van der Waals surface area (Å²) < 4.78 is 5.57. The van der Waals surface area contributed by atoms with Crippen LogP contribution in [0.2, 0.25) is 0 Å². The van der Waals surface area contributed by atoms with Gasteiger partial charge in [0.15, 0.2) is 5.78 Å². The molecule has 0 fully saturated rings. The zero-order valence-corrected chi connectivity index (χ0v) is 11.8. The molecule has 2 rings (SSSR count). The van der Waals surface area contributed by atoms with Gasteiger partial charge in [0.25, 0.3) is 0 Å². The van der Waals surface area contributed by atoms with E-state index in [9.17, 15) is 4.79 Å². The minimum Gasteiger partial charge on any atom is -0.494 e. The summed E-state index contributed by atoms with van der Waals surface area (Å²) in [5, 5.41) is 0. The van der Waals surface area contributed by atoms with Crippen LogP contribution in [0.5, 0.6) is 5.75 Å². The van der Waals surface area contributed by atoms with Crippen molar-refractivity contribution in [3.8, 4) is 5.75 Å². The molecule has 0 aromatic heterocycles. The van der Waals surface area contributed by atoms with Gasteiger partial charge in [0, 0.05) is 11.5 Å². The Morgan fingerprint density at radius 3 is 2.76 bits per heavy atom. The molecule has 0 heterocycles. The van der Waals surface area contributed by atoms with E-state index in [-0.39, 0.29) is 10.6 Å². The Morgan fingerprint density at radius 1 is 1.35 bits per heavy atom. The van der Waals surface area contributed by atoms with E-state index in [1.807, 2.05) is 18.2 Å². The average Bonchev–Trinajstić information content (AvgIpc) is 2.59. The van der Waals surface area contributed by atoms with Gasteiger partial charge in [-0.3, -0.25) is 4.79 Å². The van der Waals surface area contributed by atoms with Crippen molar-refractivity contribution in [2.45, 2.75) is 37.4 Å². The molecule has 0 amide bonds. The summed E-state index contributed by atoms with van der Waals surface area (Å²) in [6.45, 7) is 4.88. The highest BCUT2D eigenvalue weighted by atomic mass is 79.9. The summed E-state index contributed by atoms with van der Waals surface area (Å²) in [4.78, 5) is 12.0. The van der Waals surface area contributed by atoms with Crippen LogP contribution in [0.15, 0.2) is 18.2 Å². The minimum absolute atomic E-state index is 0.0658. The fourth-order valence-corrected chi connectivity index (χ4v) is 3.20. The molecule has 0 N–H and O–H groups in total. The van der Waals surface area contributed by atoms with Gasteiger partial charge < -0.3 is 4.74 Å². The molecule has 0 saturated heterocycles. The molecule has 2 atom stereocenters. The Balaban J connectivity index is 2.31. The molecule has 1 aliphatic rings. The van der Waals surface area contributed by atoms with E-state index < -0.39 is 0 Å². The lowest BCUT2D eigenvalue weighted by Crippen LogP contribution is -2.11. The molecule has 1 aromatic carbocycles. The molecule has 0 saturated carbocycles. The van der Waals surface area contributed by atoms with Crippen LogP contribution in [0, 0.1) is 0 Å². The van der Waals surface area contributed by atoms with Crippen molar-refractivity contribution in [3.05, 3.63) is 29.3 Å². The second-order valence-corrected chi connectivity index (χ2v) is 5.36. The van der Waals surface area contributed by atoms with Crippen molar-refractivity contribution in [2.24, 2.45) is 0 Å². The van der Waals surface area contributed by atoms with Crippen molar-refractivity contribution < 1.29 is 9.53 Å². The highest BCUT2D eigenvalue weighted by Crippen LogP contribution is 2.40. The largest absolute Gasteiger partial charge is 0.494 e. The maximum atomic E-state index is 12.1. The van der Waals surface area contributed by atoms with Crippen LogP contribution >= 0.6 is 15.9 Å². The van der Waals surface area contributed by atoms with Gasteiger partial charge in [0.2, 0.25) is 0 Å². The number of Topliss-reactive ketones (excluding diaryl/α,β-unsaturated/α-hetero) is 1. The molecule has 1 aliphatic carbocycles. The first kappa shape index (κ1) is 12.6. The van der Waals surface area contributed by atoms with Gasteiger partial charge in [-0.2, -0.15) is 0 Å². The van der Waals surface area contributed by atoms with E-state index in [1.165, 1.54) is 0 Å². The molecule has 92 valence electrons. The van der Waals surface area contributed by atoms with Gasteiger partial charge >= 0.3 is 0 Å². The highest BCUT2D eigenvalue weighted by molar-refractivity contribution is 9.10.